The van der Waals surface area contributed by atoms with Gasteiger partial charge in [-0.25, -0.2) is 8.42 Å². The van der Waals surface area contributed by atoms with Gasteiger partial charge < -0.3 is 14.8 Å². The normalized spacial score (nSPS) is 12.2. The van der Waals surface area contributed by atoms with Crippen molar-refractivity contribution in [2.24, 2.45) is 0 Å². The molecule has 164 valence electrons. The number of ether oxygens (including phenoxy) is 2. The van der Waals surface area contributed by atoms with Gasteiger partial charge in [0.2, 0.25) is 15.9 Å². The standard InChI is InChI=1S/C22H30N2O5S/c1-6-17-7-10-19(11-8-17)24(30(5,26)27)16(2)22(25)23-14-13-18-9-12-20(28-3)21(15-18)29-4/h7-12,15-16H,6,13-14H2,1-5H3,(H,23,25). The van der Waals surface area contributed by atoms with Gasteiger partial charge in [-0.05, 0) is 55.2 Å². The van der Waals surface area contributed by atoms with Crippen LogP contribution < -0.4 is 19.1 Å². The van der Waals surface area contributed by atoms with Gasteiger partial charge in [0.1, 0.15) is 6.04 Å². The number of rotatable bonds is 10. The molecule has 2 rings (SSSR count). The van der Waals surface area contributed by atoms with Gasteiger partial charge >= 0.3 is 0 Å². The Balaban J connectivity index is 2.06. The number of sulfonamides is 1. The number of carbonyl (C=O) groups is 1. The number of hydrogen-bond donors (Lipinski definition) is 1. The predicted octanol–water partition coefficient (Wildman–Crippen LogP) is 2.78. The van der Waals surface area contributed by atoms with Crippen LogP contribution in [0.4, 0.5) is 5.69 Å². The van der Waals surface area contributed by atoms with E-state index in [0.29, 0.717) is 30.2 Å². The molecule has 0 radical (unpaired) electrons. The number of methoxy groups -OCH3 is 2. The summed E-state index contributed by atoms with van der Waals surface area (Å²) in [5.41, 5.74) is 2.53. The Labute approximate surface area is 179 Å². The second-order valence-corrected chi connectivity index (χ2v) is 8.84. The van der Waals surface area contributed by atoms with E-state index in [2.05, 4.69) is 5.32 Å². The highest BCUT2D eigenvalue weighted by Gasteiger charge is 2.28. The van der Waals surface area contributed by atoms with Gasteiger partial charge in [0.15, 0.2) is 11.5 Å². The van der Waals surface area contributed by atoms with Gasteiger partial charge in [0.05, 0.1) is 26.2 Å². The lowest BCUT2D eigenvalue weighted by Crippen LogP contribution is -2.48. The third-order valence-electron chi connectivity index (χ3n) is 4.85. The van der Waals surface area contributed by atoms with E-state index in [1.54, 1.807) is 33.3 Å². The van der Waals surface area contributed by atoms with Crippen LogP contribution in [-0.2, 0) is 27.7 Å². The van der Waals surface area contributed by atoms with Crippen LogP contribution in [0, 0.1) is 0 Å². The highest BCUT2D eigenvalue weighted by atomic mass is 32.2. The summed E-state index contributed by atoms with van der Waals surface area (Å²) >= 11 is 0. The van der Waals surface area contributed by atoms with Gasteiger partial charge in [-0.2, -0.15) is 0 Å². The number of nitrogens with one attached hydrogen (secondary N) is 1. The molecule has 0 aromatic heterocycles. The van der Waals surface area contributed by atoms with Crippen molar-refractivity contribution in [3.63, 3.8) is 0 Å². The van der Waals surface area contributed by atoms with Crippen molar-refractivity contribution < 1.29 is 22.7 Å². The molecule has 7 nitrogen and oxygen atoms in total. The minimum atomic E-state index is -3.63. The minimum Gasteiger partial charge on any atom is -0.493 e. The molecule has 0 heterocycles. The fourth-order valence-corrected chi connectivity index (χ4v) is 4.38. The molecule has 0 aliphatic heterocycles. The van der Waals surface area contributed by atoms with Crippen LogP contribution in [0.5, 0.6) is 11.5 Å². The first-order valence-electron chi connectivity index (χ1n) is 9.78. The summed E-state index contributed by atoms with van der Waals surface area (Å²) in [5, 5.41) is 2.82. The van der Waals surface area contributed by atoms with E-state index in [4.69, 9.17) is 9.47 Å². The number of aryl methyl sites for hydroxylation is 1. The smallest absolute Gasteiger partial charge is 0.243 e. The first kappa shape index (κ1) is 23.5. The van der Waals surface area contributed by atoms with Crippen LogP contribution >= 0.6 is 0 Å². The summed E-state index contributed by atoms with van der Waals surface area (Å²) in [6, 6.07) is 11.9. The third kappa shape index (κ3) is 5.89. The van der Waals surface area contributed by atoms with Crippen LogP contribution in [0.1, 0.15) is 25.0 Å². The molecule has 1 atom stereocenters. The lowest BCUT2D eigenvalue weighted by atomic mass is 10.1. The molecular weight excluding hydrogens is 404 g/mol. The Kier molecular flexibility index (Phi) is 8.11. The second kappa shape index (κ2) is 10.3. The van der Waals surface area contributed by atoms with Crippen molar-refractivity contribution in [2.75, 3.05) is 31.3 Å². The molecule has 1 N–H and O–H groups in total. The SMILES string of the molecule is CCc1ccc(N(C(C)C(=O)NCCc2ccc(OC)c(OC)c2)S(C)(=O)=O)cc1. The highest BCUT2D eigenvalue weighted by molar-refractivity contribution is 7.92. The van der Waals surface area contributed by atoms with Crippen LogP contribution in [0.3, 0.4) is 0 Å². The Morgan fingerprint density at radius 3 is 2.17 bits per heavy atom. The predicted molar refractivity (Wildman–Crippen MR) is 119 cm³/mol. The lowest BCUT2D eigenvalue weighted by molar-refractivity contribution is -0.121. The number of hydrogen-bond acceptors (Lipinski definition) is 5. The maximum absolute atomic E-state index is 12.7. The average Bonchev–Trinajstić information content (AvgIpc) is 2.73. The number of amides is 1. The molecular formula is C22H30N2O5S. The van der Waals surface area contributed by atoms with Crippen molar-refractivity contribution in [3.05, 3.63) is 53.6 Å². The Morgan fingerprint density at radius 2 is 1.63 bits per heavy atom. The van der Waals surface area contributed by atoms with Crippen LogP contribution in [0.2, 0.25) is 0 Å². The van der Waals surface area contributed by atoms with E-state index in [1.807, 2.05) is 37.3 Å². The first-order valence-corrected chi connectivity index (χ1v) is 11.6. The summed E-state index contributed by atoms with van der Waals surface area (Å²) in [4.78, 5) is 12.7. The first-order chi connectivity index (χ1) is 14.2. The second-order valence-electron chi connectivity index (χ2n) is 6.99. The van der Waals surface area contributed by atoms with Crippen molar-refractivity contribution in [2.45, 2.75) is 32.7 Å². The van der Waals surface area contributed by atoms with Gasteiger partial charge in [-0.3, -0.25) is 9.10 Å². The highest BCUT2D eigenvalue weighted by Crippen LogP contribution is 2.27. The maximum atomic E-state index is 12.7. The van der Waals surface area contributed by atoms with Crippen LogP contribution in [0.25, 0.3) is 0 Å². The number of nitrogens with zero attached hydrogens (tertiary/aromatic N) is 1. The van der Waals surface area contributed by atoms with E-state index < -0.39 is 16.1 Å². The molecule has 0 bridgehead atoms. The van der Waals surface area contributed by atoms with E-state index in [9.17, 15) is 13.2 Å². The van der Waals surface area contributed by atoms with Crippen LogP contribution in [-0.4, -0.2) is 47.4 Å². The largest absolute Gasteiger partial charge is 0.493 e. The summed E-state index contributed by atoms with van der Waals surface area (Å²) in [6.45, 7) is 3.98. The Morgan fingerprint density at radius 1 is 1.03 bits per heavy atom. The topological polar surface area (TPSA) is 84.9 Å². The molecule has 0 fully saturated rings. The third-order valence-corrected chi connectivity index (χ3v) is 6.09. The van der Waals surface area contributed by atoms with E-state index in [-0.39, 0.29) is 5.91 Å². The molecule has 1 unspecified atom stereocenters. The summed E-state index contributed by atoms with van der Waals surface area (Å²) in [7, 11) is -0.494. The fraction of sp³-hybridized carbons (Fsp3) is 0.409. The monoisotopic (exact) mass is 434 g/mol. The van der Waals surface area contributed by atoms with Crippen molar-refractivity contribution in [3.8, 4) is 11.5 Å². The molecule has 0 aliphatic carbocycles. The average molecular weight is 435 g/mol. The van der Waals surface area contributed by atoms with Gasteiger partial charge in [-0.1, -0.05) is 25.1 Å². The zero-order valence-electron chi connectivity index (χ0n) is 18.1. The molecule has 2 aromatic carbocycles. The zero-order chi connectivity index (χ0) is 22.3. The summed E-state index contributed by atoms with van der Waals surface area (Å²) < 4.78 is 36.4. The molecule has 8 heteroatoms. The van der Waals surface area contributed by atoms with E-state index in [0.717, 1.165) is 28.1 Å². The maximum Gasteiger partial charge on any atom is 0.243 e. The molecule has 30 heavy (non-hydrogen) atoms. The fourth-order valence-electron chi connectivity index (χ4n) is 3.20. The molecule has 1 amide bonds. The zero-order valence-corrected chi connectivity index (χ0v) is 19.0. The van der Waals surface area contributed by atoms with E-state index in [1.165, 1.54) is 0 Å². The number of benzene rings is 2. The van der Waals surface area contributed by atoms with Gasteiger partial charge in [-0.15, -0.1) is 0 Å². The summed E-state index contributed by atoms with van der Waals surface area (Å²) in [5.74, 6) is 0.894. The molecule has 0 aliphatic rings. The van der Waals surface area contributed by atoms with E-state index >= 15 is 0 Å². The van der Waals surface area contributed by atoms with Crippen molar-refractivity contribution in [1.82, 2.24) is 5.32 Å². The molecule has 0 spiro atoms. The molecule has 0 saturated heterocycles. The minimum absolute atomic E-state index is 0.361. The van der Waals surface area contributed by atoms with Crippen molar-refractivity contribution in [1.29, 1.82) is 0 Å². The molecule has 2 aromatic rings. The van der Waals surface area contributed by atoms with Crippen LogP contribution in [0.15, 0.2) is 42.5 Å². The lowest BCUT2D eigenvalue weighted by Gasteiger charge is -2.28. The Hall–Kier alpha value is -2.74. The van der Waals surface area contributed by atoms with Crippen molar-refractivity contribution >= 4 is 21.6 Å². The quantitative estimate of drug-likeness (QED) is 0.622. The summed E-state index contributed by atoms with van der Waals surface area (Å²) in [6.07, 6.45) is 2.53. The van der Waals surface area contributed by atoms with Gasteiger partial charge in [0, 0.05) is 6.54 Å². The Bertz CT molecular complexity index is 958. The molecule has 0 saturated carbocycles. The number of carbonyl (C=O) groups excluding carboxylic acids is 1. The number of anilines is 1. The van der Waals surface area contributed by atoms with Gasteiger partial charge in [0.25, 0.3) is 0 Å².